The third-order valence-corrected chi connectivity index (χ3v) is 5.10. The Morgan fingerprint density at radius 1 is 1.23 bits per heavy atom. The van der Waals surface area contributed by atoms with Gasteiger partial charge in [0.15, 0.2) is 5.96 Å². The summed E-state index contributed by atoms with van der Waals surface area (Å²) in [5.41, 5.74) is 0. The molecule has 1 fully saturated rings. The summed E-state index contributed by atoms with van der Waals surface area (Å²) < 4.78 is 16.7. The summed E-state index contributed by atoms with van der Waals surface area (Å²) in [5.74, 6) is 2.37. The van der Waals surface area contributed by atoms with Gasteiger partial charge < -0.3 is 24.5 Å². The molecule has 0 radical (unpaired) electrons. The molecule has 0 aromatic carbocycles. The molecule has 0 bridgehead atoms. The van der Waals surface area contributed by atoms with Crippen molar-refractivity contribution in [3.63, 3.8) is 0 Å². The van der Waals surface area contributed by atoms with Gasteiger partial charge in [-0.25, -0.2) is 0 Å². The molecule has 1 atom stereocenters. The van der Waals surface area contributed by atoms with Crippen LogP contribution in [0.5, 0.6) is 0 Å². The second-order valence-electron chi connectivity index (χ2n) is 7.75. The van der Waals surface area contributed by atoms with Crippen molar-refractivity contribution >= 4 is 29.9 Å². The minimum absolute atomic E-state index is 0. The number of halogens is 1. The molecular formula is C22H41IN4O3. The van der Waals surface area contributed by atoms with E-state index in [9.17, 15) is 0 Å². The van der Waals surface area contributed by atoms with Gasteiger partial charge in [0.1, 0.15) is 5.76 Å². The molecule has 1 aromatic heterocycles. The van der Waals surface area contributed by atoms with Gasteiger partial charge in [0.2, 0.25) is 0 Å². The largest absolute Gasteiger partial charge is 0.469 e. The molecule has 1 aromatic rings. The highest BCUT2D eigenvalue weighted by Gasteiger charge is 2.13. The lowest BCUT2D eigenvalue weighted by Crippen LogP contribution is -2.40. The van der Waals surface area contributed by atoms with Crippen LogP contribution in [-0.4, -0.2) is 76.1 Å². The van der Waals surface area contributed by atoms with E-state index in [4.69, 9.17) is 18.9 Å². The molecule has 1 unspecified atom stereocenters. The fourth-order valence-corrected chi connectivity index (χ4v) is 3.40. The quantitative estimate of drug-likeness (QED) is 0.175. The van der Waals surface area contributed by atoms with Crippen LogP contribution >= 0.6 is 24.0 Å². The highest BCUT2D eigenvalue weighted by atomic mass is 127. The van der Waals surface area contributed by atoms with E-state index >= 15 is 0 Å². The van der Waals surface area contributed by atoms with E-state index in [0.29, 0.717) is 5.92 Å². The Morgan fingerprint density at radius 3 is 2.67 bits per heavy atom. The van der Waals surface area contributed by atoms with E-state index in [1.54, 1.807) is 6.26 Å². The molecule has 0 saturated carbocycles. The molecule has 0 amide bonds. The first-order valence-corrected chi connectivity index (χ1v) is 11.1. The zero-order valence-electron chi connectivity index (χ0n) is 18.9. The SMILES string of the molecule is CCOC(CCNC(=NCCCN1CCOCC1)NCCc1ccco1)C(C)C.I. The molecule has 0 aliphatic carbocycles. The predicted octanol–water partition coefficient (Wildman–Crippen LogP) is 3.15. The second kappa shape index (κ2) is 16.8. The lowest BCUT2D eigenvalue weighted by Gasteiger charge is -2.26. The van der Waals surface area contributed by atoms with Crippen LogP contribution in [0.15, 0.2) is 27.8 Å². The van der Waals surface area contributed by atoms with Crippen LogP contribution in [0.25, 0.3) is 0 Å². The van der Waals surface area contributed by atoms with Crippen LogP contribution < -0.4 is 10.6 Å². The highest BCUT2D eigenvalue weighted by molar-refractivity contribution is 14.0. The Hall–Kier alpha value is -0.840. The topological polar surface area (TPSA) is 71.3 Å². The zero-order chi connectivity index (χ0) is 20.7. The minimum atomic E-state index is 0. The van der Waals surface area contributed by atoms with Crippen molar-refractivity contribution < 1.29 is 13.9 Å². The smallest absolute Gasteiger partial charge is 0.191 e. The second-order valence-corrected chi connectivity index (χ2v) is 7.75. The van der Waals surface area contributed by atoms with Gasteiger partial charge in [0, 0.05) is 52.3 Å². The monoisotopic (exact) mass is 536 g/mol. The summed E-state index contributed by atoms with van der Waals surface area (Å²) in [6, 6.07) is 3.93. The number of guanidine groups is 1. The van der Waals surface area contributed by atoms with Crippen LogP contribution in [0, 0.1) is 5.92 Å². The molecule has 8 heteroatoms. The van der Waals surface area contributed by atoms with Crippen molar-refractivity contribution in [2.24, 2.45) is 10.9 Å². The summed E-state index contributed by atoms with van der Waals surface area (Å²) in [4.78, 5) is 7.23. The number of nitrogens with zero attached hydrogens (tertiary/aromatic N) is 2. The van der Waals surface area contributed by atoms with E-state index < -0.39 is 0 Å². The van der Waals surface area contributed by atoms with E-state index in [1.807, 2.05) is 12.1 Å². The van der Waals surface area contributed by atoms with Crippen molar-refractivity contribution in [2.45, 2.75) is 46.1 Å². The molecule has 7 nitrogen and oxygen atoms in total. The van der Waals surface area contributed by atoms with Crippen molar-refractivity contribution in [1.29, 1.82) is 0 Å². The number of morpholine rings is 1. The summed E-state index contributed by atoms with van der Waals surface area (Å²) in [6.07, 6.45) is 4.86. The van der Waals surface area contributed by atoms with Crippen LogP contribution in [0.4, 0.5) is 0 Å². The lowest BCUT2D eigenvalue weighted by atomic mass is 10.0. The van der Waals surface area contributed by atoms with E-state index in [1.165, 1.54) is 0 Å². The molecule has 174 valence electrons. The molecule has 30 heavy (non-hydrogen) atoms. The lowest BCUT2D eigenvalue weighted by molar-refractivity contribution is 0.0258. The fourth-order valence-electron chi connectivity index (χ4n) is 3.40. The van der Waals surface area contributed by atoms with Gasteiger partial charge in [-0.2, -0.15) is 0 Å². The first-order valence-electron chi connectivity index (χ1n) is 11.1. The van der Waals surface area contributed by atoms with Crippen molar-refractivity contribution in [1.82, 2.24) is 15.5 Å². The zero-order valence-corrected chi connectivity index (χ0v) is 21.2. The van der Waals surface area contributed by atoms with Crippen LogP contribution in [0.1, 0.15) is 39.4 Å². The van der Waals surface area contributed by atoms with E-state index in [2.05, 4.69) is 36.3 Å². The first kappa shape index (κ1) is 27.2. The standard InChI is InChI=1S/C22H40N4O3.HI/c1-4-28-21(19(2)3)9-12-25-22(24-11-8-20-7-5-16-29-20)23-10-6-13-26-14-17-27-18-15-26;/h5,7,16,19,21H,4,6,8-15,17-18H2,1-3H3,(H2,23,24,25);1H. The maximum atomic E-state index is 5.85. The first-order chi connectivity index (χ1) is 14.2. The minimum Gasteiger partial charge on any atom is -0.469 e. The average Bonchev–Trinajstić information content (AvgIpc) is 3.24. The van der Waals surface area contributed by atoms with E-state index in [-0.39, 0.29) is 30.1 Å². The van der Waals surface area contributed by atoms with Crippen LogP contribution in [0.3, 0.4) is 0 Å². The maximum absolute atomic E-state index is 5.85. The van der Waals surface area contributed by atoms with Gasteiger partial charge in [-0.15, -0.1) is 24.0 Å². The van der Waals surface area contributed by atoms with Gasteiger partial charge in [-0.3, -0.25) is 9.89 Å². The summed E-state index contributed by atoms with van der Waals surface area (Å²) in [7, 11) is 0. The summed E-state index contributed by atoms with van der Waals surface area (Å²) >= 11 is 0. The van der Waals surface area contributed by atoms with Gasteiger partial charge in [-0.1, -0.05) is 13.8 Å². The number of nitrogens with one attached hydrogen (secondary N) is 2. The highest BCUT2D eigenvalue weighted by Crippen LogP contribution is 2.10. The average molecular weight is 536 g/mol. The number of ether oxygens (including phenoxy) is 2. The summed E-state index contributed by atoms with van der Waals surface area (Å²) in [6.45, 7) is 14.5. The Morgan fingerprint density at radius 2 is 2.00 bits per heavy atom. The van der Waals surface area contributed by atoms with Gasteiger partial charge in [0.25, 0.3) is 0 Å². The molecule has 1 saturated heterocycles. The number of furan rings is 1. The predicted molar refractivity (Wildman–Crippen MR) is 133 cm³/mol. The summed E-state index contributed by atoms with van der Waals surface area (Å²) in [5, 5.41) is 6.91. The molecule has 1 aliphatic heterocycles. The number of hydrogen-bond donors (Lipinski definition) is 2. The number of aliphatic imine (C=N–C) groups is 1. The van der Waals surface area contributed by atoms with Gasteiger partial charge >= 0.3 is 0 Å². The third kappa shape index (κ3) is 11.5. The molecule has 2 N–H and O–H groups in total. The van der Waals surface area contributed by atoms with Crippen molar-refractivity contribution in [3.8, 4) is 0 Å². The Labute approximate surface area is 199 Å². The van der Waals surface area contributed by atoms with Crippen LogP contribution in [0.2, 0.25) is 0 Å². The molecule has 1 aliphatic rings. The maximum Gasteiger partial charge on any atom is 0.191 e. The van der Waals surface area contributed by atoms with Gasteiger partial charge in [0.05, 0.1) is 25.6 Å². The molecule has 2 rings (SSSR count). The Bertz CT molecular complexity index is 549. The third-order valence-electron chi connectivity index (χ3n) is 5.10. The Kier molecular flexibility index (Phi) is 15.2. The van der Waals surface area contributed by atoms with E-state index in [0.717, 1.165) is 90.1 Å². The van der Waals surface area contributed by atoms with Gasteiger partial charge in [-0.05, 0) is 37.8 Å². The Balaban J connectivity index is 0.00000450. The molecule has 2 heterocycles. The number of rotatable bonds is 13. The van der Waals surface area contributed by atoms with Crippen LogP contribution in [-0.2, 0) is 15.9 Å². The normalized spacial score (nSPS) is 16.3. The molecule has 0 spiro atoms. The fraction of sp³-hybridized carbons (Fsp3) is 0.773. The molecular weight excluding hydrogens is 495 g/mol. The number of hydrogen-bond acceptors (Lipinski definition) is 5. The van der Waals surface area contributed by atoms with Crippen molar-refractivity contribution in [2.75, 3.05) is 59.1 Å². The van der Waals surface area contributed by atoms with Crippen molar-refractivity contribution in [3.05, 3.63) is 24.2 Å².